The van der Waals surface area contributed by atoms with Crippen molar-refractivity contribution in [3.63, 3.8) is 0 Å². The van der Waals surface area contributed by atoms with Crippen LogP contribution in [0.5, 0.6) is 5.88 Å². The quantitative estimate of drug-likeness (QED) is 0.625. The molecule has 0 radical (unpaired) electrons. The second-order valence-electron chi connectivity index (χ2n) is 2.85. The zero-order valence-electron chi connectivity index (χ0n) is 8.63. The SMILES string of the molecule is COc1ncc(NC(=O)C(=O)O)cc1C(=O)O. The predicted molar refractivity (Wildman–Crippen MR) is 54.0 cm³/mol. The Morgan fingerprint density at radius 3 is 2.47 bits per heavy atom. The molecular weight excluding hydrogens is 232 g/mol. The van der Waals surface area contributed by atoms with Crippen molar-refractivity contribution in [1.29, 1.82) is 0 Å². The first-order valence-corrected chi connectivity index (χ1v) is 4.27. The number of nitrogens with zero attached hydrogens (tertiary/aromatic N) is 1. The van der Waals surface area contributed by atoms with Gasteiger partial charge in [-0.15, -0.1) is 0 Å². The Morgan fingerprint density at radius 1 is 1.35 bits per heavy atom. The topological polar surface area (TPSA) is 126 Å². The van der Waals surface area contributed by atoms with Crippen LogP contribution >= 0.6 is 0 Å². The van der Waals surface area contributed by atoms with Crippen LogP contribution in [0.25, 0.3) is 0 Å². The Labute approximate surface area is 94.8 Å². The molecule has 1 aromatic rings. The van der Waals surface area contributed by atoms with Gasteiger partial charge in [0.25, 0.3) is 0 Å². The Kier molecular flexibility index (Phi) is 3.60. The van der Waals surface area contributed by atoms with E-state index in [1.54, 1.807) is 0 Å². The van der Waals surface area contributed by atoms with Crippen molar-refractivity contribution in [3.8, 4) is 5.88 Å². The van der Waals surface area contributed by atoms with Gasteiger partial charge in [0.1, 0.15) is 5.56 Å². The number of aromatic nitrogens is 1. The first-order valence-electron chi connectivity index (χ1n) is 4.27. The van der Waals surface area contributed by atoms with Gasteiger partial charge in [0.2, 0.25) is 5.88 Å². The summed E-state index contributed by atoms with van der Waals surface area (Å²) in [6.45, 7) is 0. The summed E-state index contributed by atoms with van der Waals surface area (Å²) in [4.78, 5) is 35.5. The summed E-state index contributed by atoms with van der Waals surface area (Å²) in [7, 11) is 1.24. The van der Waals surface area contributed by atoms with Crippen LogP contribution in [0.15, 0.2) is 12.3 Å². The lowest BCUT2D eigenvalue weighted by Gasteiger charge is -2.06. The molecule has 1 rings (SSSR count). The van der Waals surface area contributed by atoms with Gasteiger partial charge in [0, 0.05) is 0 Å². The van der Waals surface area contributed by atoms with Gasteiger partial charge in [-0.2, -0.15) is 0 Å². The van der Waals surface area contributed by atoms with Crippen molar-refractivity contribution in [3.05, 3.63) is 17.8 Å². The first-order chi connectivity index (χ1) is 7.95. The monoisotopic (exact) mass is 240 g/mol. The Morgan fingerprint density at radius 2 is 2.00 bits per heavy atom. The lowest BCUT2D eigenvalue weighted by molar-refractivity contribution is -0.147. The highest BCUT2D eigenvalue weighted by Gasteiger charge is 2.16. The second-order valence-corrected chi connectivity index (χ2v) is 2.85. The number of methoxy groups -OCH3 is 1. The second kappa shape index (κ2) is 4.92. The van der Waals surface area contributed by atoms with Gasteiger partial charge >= 0.3 is 17.8 Å². The fraction of sp³-hybridized carbons (Fsp3) is 0.111. The molecule has 0 saturated heterocycles. The van der Waals surface area contributed by atoms with Crippen LogP contribution in [-0.2, 0) is 9.59 Å². The van der Waals surface area contributed by atoms with Gasteiger partial charge in [-0.05, 0) is 6.07 Å². The van der Waals surface area contributed by atoms with Gasteiger partial charge in [-0.3, -0.25) is 4.79 Å². The van der Waals surface area contributed by atoms with Gasteiger partial charge in [0.05, 0.1) is 19.0 Å². The molecule has 0 spiro atoms. The van der Waals surface area contributed by atoms with Crippen LogP contribution < -0.4 is 10.1 Å². The highest BCUT2D eigenvalue weighted by Crippen LogP contribution is 2.19. The number of hydrogen-bond acceptors (Lipinski definition) is 5. The number of rotatable bonds is 3. The Balaban J connectivity index is 3.04. The van der Waals surface area contributed by atoms with Crippen molar-refractivity contribution in [2.45, 2.75) is 0 Å². The van der Waals surface area contributed by atoms with Gasteiger partial charge in [-0.1, -0.05) is 0 Å². The van der Waals surface area contributed by atoms with E-state index in [1.165, 1.54) is 7.11 Å². The molecule has 0 aliphatic heterocycles. The van der Waals surface area contributed by atoms with E-state index < -0.39 is 17.8 Å². The normalized spacial score (nSPS) is 9.47. The zero-order chi connectivity index (χ0) is 13.0. The third-order valence-corrected chi connectivity index (χ3v) is 1.73. The number of ether oxygens (including phenoxy) is 1. The molecule has 1 amide bonds. The van der Waals surface area contributed by atoms with Crippen molar-refractivity contribution in [1.82, 2.24) is 4.98 Å². The number of aliphatic carboxylic acids is 1. The Bertz CT molecular complexity index is 484. The highest BCUT2D eigenvalue weighted by molar-refractivity contribution is 6.36. The molecular formula is C9H8N2O6. The lowest BCUT2D eigenvalue weighted by Crippen LogP contribution is -2.22. The molecule has 0 aliphatic carbocycles. The minimum atomic E-state index is -1.68. The Hall–Kier alpha value is -2.64. The molecule has 3 N–H and O–H groups in total. The molecule has 17 heavy (non-hydrogen) atoms. The molecule has 90 valence electrons. The summed E-state index contributed by atoms with van der Waals surface area (Å²) in [5, 5.41) is 19.1. The summed E-state index contributed by atoms with van der Waals surface area (Å²) in [6, 6.07) is 1.05. The molecule has 0 fully saturated rings. The maximum Gasteiger partial charge on any atom is 0.394 e. The van der Waals surface area contributed by atoms with Crippen molar-refractivity contribution in [2.75, 3.05) is 12.4 Å². The number of nitrogens with one attached hydrogen (secondary N) is 1. The summed E-state index contributed by atoms with van der Waals surface area (Å²) < 4.78 is 4.69. The van der Waals surface area contributed by atoms with Crippen molar-refractivity contribution in [2.24, 2.45) is 0 Å². The van der Waals surface area contributed by atoms with E-state index in [-0.39, 0.29) is 17.1 Å². The summed E-state index contributed by atoms with van der Waals surface area (Å²) in [5.41, 5.74) is -0.328. The molecule has 0 bridgehead atoms. The molecule has 8 nitrogen and oxygen atoms in total. The number of carboxylic acid groups (broad SMARTS) is 2. The largest absolute Gasteiger partial charge is 0.480 e. The number of carbonyl (C=O) groups is 3. The van der Waals surface area contributed by atoms with Crippen LogP contribution in [-0.4, -0.2) is 40.2 Å². The van der Waals surface area contributed by atoms with E-state index in [1.807, 2.05) is 5.32 Å². The highest BCUT2D eigenvalue weighted by atomic mass is 16.5. The predicted octanol–water partition coefficient (Wildman–Crippen LogP) is -0.189. The van der Waals surface area contributed by atoms with Crippen molar-refractivity contribution < 1.29 is 29.3 Å². The molecule has 8 heteroatoms. The van der Waals surface area contributed by atoms with E-state index in [0.717, 1.165) is 12.3 Å². The number of aromatic carboxylic acids is 1. The third kappa shape index (κ3) is 2.91. The summed E-state index contributed by atoms with van der Waals surface area (Å²) >= 11 is 0. The molecule has 0 saturated carbocycles. The first kappa shape index (κ1) is 12.4. The average molecular weight is 240 g/mol. The molecule has 0 atom stereocenters. The van der Waals surface area contributed by atoms with E-state index in [2.05, 4.69) is 4.98 Å². The van der Waals surface area contributed by atoms with Crippen molar-refractivity contribution >= 4 is 23.5 Å². The minimum Gasteiger partial charge on any atom is -0.480 e. The average Bonchev–Trinajstić information content (AvgIpc) is 2.28. The fourth-order valence-corrected chi connectivity index (χ4v) is 1.02. The maximum absolute atomic E-state index is 10.8. The maximum atomic E-state index is 10.8. The van der Waals surface area contributed by atoms with Crippen LogP contribution in [0.1, 0.15) is 10.4 Å². The number of pyridine rings is 1. The van der Waals surface area contributed by atoms with Gasteiger partial charge in [0.15, 0.2) is 0 Å². The number of carboxylic acids is 2. The number of anilines is 1. The minimum absolute atomic E-state index is 0.0457. The van der Waals surface area contributed by atoms with Gasteiger partial charge in [-0.25, -0.2) is 14.6 Å². The van der Waals surface area contributed by atoms with Gasteiger partial charge < -0.3 is 20.3 Å². The van der Waals surface area contributed by atoms with E-state index in [0.29, 0.717) is 0 Å². The smallest absolute Gasteiger partial charge is 0.394 e. The summed E-state index contributed by atoms with van der Waals surface area (Å²) in [6.07, 6.45) is 1.09. The van der Waals surface area contributed by atoms with Crippen LogP contribution in [0.2, 0.25) is 0 Å². The third-order valence-electron chi connectivity index (χ3n) is 1.73. The molecule has 1 aromatic heterocycles. The fourth-order valence-electron chi connectivity index (χ4n) is 1.02. The van der Waals surface area contributed by atoms with E-state index in [4.69, 9.17) is 14.9 Å². The van der Waals surface area contributed by atoms with Crippen LogP contribution in [0, 0.1) is 0 Å². The standard InChI is InChI=1S/C9H8N2O6/c1-17-7-5(8(13)14)2-4(3-10-7)11-6(12)9(15)16/h2-3H,1H3,(H,11,12)(H,13,14)(H,15,16). The molecule has 1 heterocycles. The van der Waals surface area contributed by atoms with Crippen LogP contribution in [0.4, 0.5) is 5.69 Å². The zero-order valence-corrected chi connectivity index (χ0v) is 8.63. The molecule has 0 aromatic carbocycles. The van der Waals surface area contributed by atoms with E-state index in [9.17, 15) is 14.4 Å². The molecule has 0 unspecified atom stereocenters. The molecule has 0 aliphatic rings. The van der Waals surface area contributed by atoms with E-state index >= 15 is 0 Å². The number of amides is 1. The number of carbonyl (C=O) groups excluding carboxylic acids is 1. The lowest BCUT2D eigenvalue weighted by atomic mass is 10.2. The summed E-state index contributed by atoms with van der Waals surface area (Å²) in [5.74, 6) is -4.41. The number of hydrogen-bond donors (Lipinski definition) is 3. The van der Waals surface area contributed by atoms with Crippen LogP contribution in [0.3, 0.4) is 0 Å².